The van der Waals surface area contributed by atoms with Gasteiger partial charge in [0.15, 0.2) is 0 Å². The van der Waals surface area contributed by atoms with Crippen LogP contribution in [0.4, 0.5) is 4.39 Å². The quantitative estimate of drug-likeness (QED) is 0.658. The topological polar surface area (TPSA) is 28.7 Å². The summed E-state index contributed by atoms with van der Waals surface area (Å²) in [5.41, 5.74) is 2.65. The number of pyridine rings is 1. The van der Waals surface area contributed by atoms with E-state index < -0.39 is 0 Å². The van der Waals surface area contributed by atoms with Crippen LogP contribution in [-0.2, 0) is 0 Å². The molecule has 2 aromatic heterocycles. The molecule has 0 unspecified atom stereocenters. The molecule has 1 N–H and O–H groups in total. The fourth-order valence-corrected chi connectivity index (χ4v) is 1.69. The van der Waals surface area contributed by atoms with Gasteiger partial charge in [-0.2, -0.15) is 0 Å². The molecule has 0 atom stereocenters. The number of hydrogen-bond donors (Lipinski definition) is 1. The third kappa shape index (κ3) is 1.46. The minimum atomic E-state index is -0.326. The third-order valence-electron chi connectivity index (χ3n) is 2.47. The molecule has 16 heavy (non-hydrogen) atoms. The summed E-state index contributed by atoms with van der Waals surface area (Å²) in [4.78, 5) is 7.25. The number of aromatic nitrogens is 2. The summed E-state index contributed by atoms with van der Waals surface area (Å²) in [6, 6.07) is 13.7. The van der Waals surface area contributed by atoms with E-state index in [1.165, 1.54) is 12.3 Å². The molecule has 2 heterocycles. The van der Waals surface area contributed by atoms with Crippen LogP contribution in [0, 0.1) is 11.9 Å². The van der Waals surface area contributed by atoms with Crippen molar-refractivity contribution in [3.8, 4) is 11.4 Å². The van der Waals surface area contributed by atoms with Gasteiger partial charge >= 0.3 is 0 Å². The standard InChI is InChI=1S/C13H8FN2/c14-10-5-6-12(15-8-10)13-7-9-3-1-2-4-11(9)16-13/h2-8,16H. The van der Waals surface area contributed by atoms with Gasteiger partial charge < -0.3 is 4.98 Å². The molecule has 3 heteroatoms. The first-order valence-corrected chi connectivity index (χ1v) is 4.94. The second-order valence-corrected chi connectivity index (χ2v) is 3.56. The highest BCUT2D eigenvalue weighted by Crippen LogP contribution is 2.22. The minimum Gasteiger partial charge on any atom is -0.353 e. The zero-order valence-corrected chi connectivity index (χ0v) is 8.37. The summed E-state index contributed by atoms with van der Waals surface area (Å²) < 4.78 is 12.7. The van der Waals surface area contributed by atoms with Gasteiger partial charge in [0.05, 0.1) is 17.6 Å². The molecule has 2 nitrogen and oxygen atoms in total. The number of benzene rings is 1. The molecule has 0 bridgehead atoms. The van der Waals surface area contributed by atoms with Crippen LogP contribution < -0.4 is 0 Å². The maximum absolute atomic E-state index is 12.7. The Morgan fingerprint density at radius 2 is 2.19 bits per heavy atom. The maximum atomic E-state index is 12.7. The van der Waals surface area contributed by atoms with E-state index in [-0.39, 0.29) is 5.82 Å². The van der Waals surface area contributed by atoms with Crippen molar-refractivity contribution in [1.82, 2.24) is 9.97 Å². The summed E-state index contributed by atoms with van der Waals surface area (Å²) >= 11 is 0. The second kappa shape index (κ2) is 3.45. The number of nitrogens with zero attached hydrogens (tertiary/aromatic N) is 1. The molecule has 0 spiro atoms. The van der Waals surface area contributed by atoms with Crippen molar-refractivity contribution in [2.45, 2.75) is 0 Å². The van der Waals surface area contributed by atoms with Crippen LogP contribution in [-0.4, -0.2) is 9.97 Å². The van der Waals surface area contributed by atoms with Crippen LogP contribution >= 0.6 is 0 Å². The second-order valence-electron chi connectivity index (χ2n) is 3.56. The van der Waals surface area contributed by atoms with Crippen LogP contribution in [0.25, 0.3) is 22.3 Å². The summed E-state index contributed by atoms with van der Waals surface area (Å²) in [6.07, 6.45) is 1.22. The highest BCUT2D eigenvalue weighted by molar-refractivity contribution is 5.84. The summed E-state index contributed by atoms with van der Waals surface area (Å²) in [7, 11) is 0. The van der Waals surface area contributed by atoms with Crippen molar-refractivity contribution in [2.75, 3.05) is 0 Å². The lowest BCUT2D eigenvalue weighted by molar-refractivity contribution is 0.622. The monoisotopic (exact) mass is 211 g/mol. The van der Waals surface area contributed by atoms with E-state index in [2.05, 4.69) is 16.0 Å². The van der Waals surface area contributed by atoms with Crippen molar-refractivity contribution in [1.29, 1.82) is 0 Å². The van der Waals surface area contributed by atoms with E-state index in [4.69, 9.17) is 0 Å². The fourth-order valence-electron chi connectivity index (χ4n) is 1.69. The molecule has 0 aliphatic rings. The van der Waals surface area contributed by atoms with Gasteiger partial charge in [0.25, 0.3) is 0 Å². The molecule has 0 saturated heterocycles. The van der Waals surface area contributed by atoms with E-state index in [1.807, 2.05) is 24.3 Å². The first-order valence-electron chi connectivity index (χ1n) is 4.94. The van der Waals surface area contributed by atoms with Gasteiger partial charge in [0, 0.05) is 10.9 Å². The zero-order valence-electron chi connectivity index (χ0n) is 8.37. The highest BCUT2D eigenvalue weighted by Gasteiger charge is 2.03. The van der Waals surface area contributed by atoms with Gasteiger partial charge in [-0.15, -0.1) is 0 Å². The van der Waals surface area contributed by atoms with Crippen LogP contribution in [0.1, 0.15) is 0 Å². The molecular weight excluding hydrogens is 203 g/mol. The Labute approximate surface area is 91.8 Å². The number of nitrogens with one attached hydrogen (secondary N) is 1. The number of aromatic amines is 1. The smallest absolute Gasteiger partial charge is 0.141 e. The number of rotatable bonds is 1. The van der Waals surface area contributed by atoms with Gasteiger partial charge in [-0.05, 0) is 36.4 Å². The highest BCUT2D eigenvalue weighted by atomic mass is 19.1. The molecule has 0 amide bonds. The molecule has 0 saturated carbocycles. The average molecular weight is 211 g/mol. The van der Waals surface area contributed by atoms with Crippen LogP contribution in [0.2, 0.25) is 0 Å². The van der Waals surface area contributed by atoms with Gasteiger partial charge in [-0.1, -0.05) is 6.07 Å². The lowest BCUT2D eigenvalue weighted by Gasteiger charge is -1.95. The summed E-state index contributed by atoms with van der Waals surface area (Å²) in [5.74, 6) is -0.326. The molecule has 0 fully saturated rings. The number of hydrogen-bond acceptors (Lipinski definition) is 1. The van der Waals surface area contributed by atoms with Crippen molar-refractivity contribution < 1.29 is 4.39 Å². The van der Waals surface area contributed by atoms with Crippen molar-refractivity contribution >= 4 is 10.9 Å². The zero-order chi connectivity index (χ0) is 11.0. The number of H-pyrrole nitrogens is 1. The Kier molecular flexibility index (Phi) is 1.96. The van der Waals surface area contributed by atoms with Gasteiger partial charge in [0.1, 0.15) is 5.82 Å². The molecule has 1 aromatic carbocycles. The lowest BCUT2D eigenvalue weighted by Crippen LogP contribution is -1.83. The molecule has 3 aromatic rings. The normalized spacial score (nSPS) is 10.8. The van der Waals surface area contributed by atoms with E-state index in [0.29, 0.717) is 0 Å². The lowest BCUT2D eigenvalue weighted by atomic mass is 10.2. The largest absolute Gasteiger partial charge is 0.353 e. The predicted molar refractivity (Wildman–Crippen MR) is 60.3 cm³/mol. The van der Waals surface area contributed by atoms with E-state index in [0.717, 1.165) is 22.3 Å². The van der Waals surface area contributed by atoms with Crippen molar-refractivity contribution in [3.05, 3.63) is 54.5 Å². The Hall–Kier alpha value is -2.16. The summed E-state index contributed by atoms with van der Waals surface area (Å²) in [5, 5.41) is 1.07. The Morgan fingerprint density at radius 3 is 2.94 bits per heavy atom. The summed E-state index contributed by atoms with van der Waals surface area (Å²) in [6.45, 7) is 0. The van der Waals surface area contributed by atoms with E-state index >= 15 is 0 Å². The molecule has 77 valence electrons. The fraction of sp³-hybridized carbons (Fsp3) is 0. The maximum Gasteiger partial charge on any atom is 0.141 e. The average Bonchev–Trinajstić information content (AvgIpc) is 2.73. The van der Waals surface area contributed by atoms with E-state index in [1.54, 1.807) is 6.07 Å². The first kappa shape index (κ1) is 9.09. The predicted octanol–water partition coefficient (Wildman–Crippen LogP) is 3.17. The van der Waals surface area contributed by atoms with Gasteiger partial charge in [-0.25, -0.2) is 4.39 Å². The van der Waals surface area contributed by atoms with Crippen molar-refractivity contribution in [2.24, 2.45) is 0 Å². The molecule has 0 aliphatic carbocycles. The van der Waals surface area contributed by atoms with Gasteiger partial charge in [0.2, 0.25) is 0 Å². The van der Waals surface area contributed by atoms with Crippen molar-refractivity contribution in [3.63, 3.8) is 0 Å². The Bertz CT molecular complexity index is 593. The van der Waals surface area contributed by atoms with E-state index in [9.17, 15) is 4.39 Å². The third-order valence-corrected chi connectivity index (χ3v) is 2.47. The Morgan fingerprint density at radius 1 is 1.25 bits per heavy atom. The molecular formula is C13H8FN2. The van der Waals surface area contributed by atoms with Crippen LogP contribution in [0.5, 0.6) is 0 Å². The minimum absolute atomic E-state index is 0.326. The molecule has 0 aliphatic heterocycles. The molecule has 1 radical (unpaired) electrons. The SMILES string of the molecule is Fc1ccc(-c2cc3c[c]ccc3[nH]2)nc1. The number of fused-ring (bicyclic) bond motifs is 1. The first-order chi connectivity index (χ1) is 7.83. The van der Waals surface area contributed by atoms with Crippen LogP contribution in [0.3, 0.4) is 0 Å². The Balaban J connectivity index is 2.15. The molecule has 3 rings (SSSR count). The van der Waals surface area contributed by atoms with Crippen LogP contribution in [0.15, 0.2) is 42.6 Å². The van der Waals surface area contributed by atoms with Gasteiger partial charge in [-0.3, -0.25) is 4.98 Å². The number of halogens is 1.